The van der Waals surface area contributed by atoms with Crippen molar-refractivity contribution >= 4 is 33.2 Å². The van der Waals surface area contributed by atoms with E-state index in [-0.39, 0.29) is 0 Å². The fourth-order valence-corrected chi connectivity index (χ4v) is 2.21. The molecule has 2 aromatic carbocycles. The van der Waals surface area contributed by atoms with Gasteiger partial charge in [0, 0.05) is 20.6 Å². The summed E-state index contributed by atoms with van der Waals surface area (Å²) in [6.45, 7) is 0. The quantitative estimate of drug-likeness (QED) is 0.601. The highest BCUT2D eigenvalue weighted by Gasteiger charge is 2.10. The summed E-state index contributed by atoms with van der Waals surface area (Å²) in [5.74, 6) is 0. The van der Waals surface area contributed by atoms with Gasteiger partial charge in [-0.05, 0) is 18.2 Å². The van der Waals surface area contributed by atoms with Crippen LogP contribution in [0.2, 0.25) is 5.02 Å². The maximum absolute atomic E-state index is 5.89. The molecular weight excluding hydrogens is 314 g/mol. The Morgan fingerprint density at radius 3 is 2.39 bits per heavy atom. The molecule has 0 aromatic heterocycles. The van der Waals surface area contributed by atoms with Crippen LogP contribution in [0.4, 0.5) is 0 Å². The molecule has 2 rings (SSSR count). The van der Waals surface area contributed by atoms with Gasteiger partial charge in [0.2, 0.25) is 0 Å². The second-order valence-corrected chi connectivity index (χ2v) is 4.90. The Bertz CT molecular complexity index is 566. The SMILES string of the molecule is CO/N=C(/c1ccc(Cl)cc1)c1ccccc1Br. The molecule has 0 heterocycles. The minimum absolute atomic E-state index is 0.697. The summed E-state index contributed by atoms with van der Waals surface area (Å²) in [6.07, 6.45) is 0. The fraction of sp³-hybridized carbons (Fsp3) is 0.0714. The predicted octanol–water partition coefficient (Wildman–Crippen LogP) is 4.50. The average Bonchev–Trinajstić information content (AvgIpc) is 2.38. The van der Waals surface area contributed by atoms with E-state index in [0.29, 0.717) is 5.02 Å². The third-order valence-electron chi connectivity index (χ3n) is 2.43. The van der Waals surface area contributed by atoms with E-state index in [0.717, 1.165) is 21.3 Å². The van der Waals surface area contributed by atoms with Crippen molar-refractivity contribution in [1.29, 1.82) is 0 Å². The molecule has 0 aliphatic carbocycles. The maximum Gasteiger partial charge on any atom is 0.118 e. The molecule has 0 saturated carbocycles. The first kappa shape index (κ1) is 13.1. The largest absolute Gasteiger partial charge is 0.399 e. The van der Waals surface area contributed by atoms with E-state index in [1.165, 1.54) is 7.11 Å². The van der Waals surface area contributed by atoms with E-state index in [2.05, 4.69) is 21.1 Å². The number of rotatable bonds is 3. The third kappa shape index (κ3) is 2.92. The number of benzene rings is 2. The normalized spacial score (nSPS) is 11.4. The zero-order valence-electron chi connectivity index (χ0n) is 9.73. The van der Waals surface area contributed by atoms with Crippen LogP contribution in [0.15, 0.2) is 58.2 Å². The standard InChI is InChI=1S/C14H11BrClNO/c1-18-17-14(10-6-8-11(16)9-7-10)12-4-2-3-5-13(12)15/h2-9H,1H3/b17-14-. The third-order valence-corrected chi connectivity index (χ3v) is 3.37. The Labute approximate surface area is 119 Å². The van der Waals surface area contributed by atoms with Gasteiger partial charge < -0.3 is 4.84 Å². The summed E-state index contributed by atoms with van der Waals surface area (Å²) >= 11 is 9.41. The van der Waals surface area contributed by atoms with Crippen LogP contribution in [0, 0.1) is 0 Å². The lowest BCUT2D eigenvalue weighted by molar-refractivity contribution is 0.214. The predicted molar refractivity (Wildman–Crippen MR) is 78.2 cm³/mol. The first-order valence-electron chi connectivity index (χ1n) is 5.34. The minimum atomic E-state index is 0.697. The molecule has 4 heteroatoms. The second-order valence-electron chi connectivity index (χ2n) is 3.61. The van der Waals surface area contributed by atoms with Crippen molar-refractivity contribution in [2.24, 2.45) is 5.16 Å². The Kier molecular flexibility index (Phi) is 4.39. The van der Waals surface area contributed by atoms with Gasteiger partial charge in [0.05, 0.1) is 0 Å². The van der Waals surface area contributed by atoms with Crippen molar-refractivity contribution in [3.8, 4) is 0 Å². The fourth-order valence-electron chi connectivity index (χ4n) is 1.61. The molecule has 0 saturated heterocycles. The van der Waals surface area contributed by atoms with Gasteiger partial charge in [-0.2, -0.15) is 0 Å². The number of hydrogen-bond donors (Lipinski definition) is 0. The lowest BCUT2D eigenvalue weighted by Gasteiger charge is -2.08. The lowest BCUT2D eigenvalue weighted by atomic mass is 10.0. The highest BCUT2D eigenvalue weighted by Crippen LogP contribution is 2.21. The van der Waals surface area contributed by atoms with Crippen LogP contribution < -0.4 is 0 Å². The van der Waals surface area contributed by atoms with Gasteiger partial charge in [-0.25, -0.2) is 0 Å². The molecule has 0 bridgehead atoms. The molecule has 0 amide bonds. The van der Waals surface area contributed by atoms with Gasteiger partial charge in [-0.15, -0.1) is 0 Å². The van der Waals surface area contributed by atoms with Crippen LogP contribution in [0.25, 0.3) is 0 Å². The zero-order valence-corrected chi connectivity index (χ0v) is 12.1. The van der Waals surface area contributed by atoms with Crippen molar-refractivity contribution in [2.45, 2.75) is 0 Å². The van der Waals surface area contributed by atoms with Crippen LogP contribution in [-0.2, 0) is 4.84 Å². The smallest absolute Gasteiger partial charge is 0.118 e. The van der Waals surface area contributed by atoms with Gasteiger partial charge in [-0.1, -0.05) is 63.0 Å². The Hall–Kier alpha value is -1.32. The van der Waals surface area contributed by atoms with E-state index in [9.17, 15) is 0 Å². The van der Waals surface area contributed by atoms with Crippen LogP contribution in [0.3, 0.4) is 0 Å². The van der Waals surface area contributed by atoms with Gasteiger partial charge in [0.25, 0.3) is 0 Å². The molecule has 2 nitrogen and oxygen atoms in total. The van der Waals surface area contributed by atoms with Crippen molar-refractivity contribution < 1.29 is 4.84 Å². The van der Waals surface area contributed by atoms with Crippen LogP contribution in [0.1, 0.15) is 11.1 Å². The van der Waals surface area contributed by atoms with Crippen molar-refractivity contribution in [1.82, 2.24) is 0 Å². The van der Waals surface area contributed by atoms with Crippen molar-refractivity contribution in [2.75, 3.05) is 7.11 Å². The van der Waals surface area contributed by atoms with Gasteiger partial charge in [0.1, 0.15) is 12.8 Å². The van der Waals surface area contributed by atoms with Crippen LogP contribution in [-0.4, -0.2) is 12.8 Å². The number of hydrogen-bond acceptors (Lipinski definition) is 2. The number of halogens is 2. The highest BCUT2D eigenvalue weighted by atomic mass is 79.9. The number of oxime groups is 1. The Morgan fingerprint density at radius 2 is 1.78 bits per heavy atom. The molecule has 0 radical (unpaired) electrons. The molecule has 0 unspecified atom stereocenters. The summed E-state index contributed by atoms with van der Waals surface area (Å²) < 4.78 is 0.968. The van der Waals surface area contributed by atoms with E-state index >= 15 is 0 Å². The summed E-state index contributed by atoms with van der Waals surface area (Å²) in [5, 5.41) is 4.80. The monoisotopic (exact) mass is 323 g/mol. The van der Waals surface area contributed by atoms with E-state index in [4.69, 9.17) is 16.4 Å². The first-order valence-corrected chi connectivity index (χ1v) is 6.51. The topological polar surface area (TPSA) is 21.6 Å². The van der Waals surface area contributed by atoms with Crippen LogP contribution >= 0.6 is 27.5 Å². The molecule has 0 atom stereocenters. The summed E-state index contributed by atoms with van der Waals surface area (Å²) in [6, 6.07) is 15.4. The molecular formula is C14H11BrClNO. The number of nitrogens with zero attached hydrogens (tertiary/aromatic N) is 1. The molecule has 0 aliphatic heterocycles. The molecule has 0 N–H and O–H groups in total. The Balaban J connectivity index is 2.51. The van der Waals surface area contributed by atoms with Gasteiger partial charge in [-0.3, -0.25) is 0 Å². The second kappa shape index (κ2) is 6.03. The van der Waals surface area contributed by atoms with E-state index in [1.54, 1.807) is 0 Å². The minimum Gasteiger partial charge on any atom is -0.399 e. The first-order chi connectivity index (χ1) is 8.72. The average molecular weight is 325 g/mol. The van der Waals surface area contributed by atoms with Crippen LogP contribution in [0.5, 0.6) is 0 Å². The molecule has 0 fully saturated rings. The van der Waals surface area contributed by atoms with E-state index in [1.807, 2.05) is 48.5 Å². The zero-order chi connectivity index (χ0) is 13.0. The highest BCUT2D eigenvalue weighted by molar-refractivity contribution is 9.10. The molecule has 92 valence electrons. The summed E-state index contributed by atoms with van der Waals surface area (Å²) in [5.41, 5.74) is 2.69. The van der Waals surface area contributed by atoms with Crippen molar-refractivity contribution in [3.05, 3.63) is 69.2 Å². The summed E-state index contributed by atoms with van der Waals surface area (Å²) in [7, 11) is 1.53. The lowest BCUT2D eigenvalue weighted by Crippen LogP contribution is -2.04. The summed E-state index contributed by atoms with van der Waals surface area (Å²) in [4.78, 5) is 4.93. The molecule has 2 aromatic rings. The Morgan fingerprint density at radius 1 is 1.11 bits per heavy atom. The molecule has 0 aliphatic rings. The molecule has 0 spiro atoms. The van der Waals surface area contributed by atoms with Gasteiger partial charge in [0.15, 0.2) is 0 Å². The van der Waals surface area contributed by atoms with Gasteiger partial charge >= 0.3 is 0 Å². The molecule has 18 heavy (non-hydrogen) atoms. The van der Waals surface area contributed by atoms with E-state index < -0.39 is 0 Å². The van der Waals surface area contributed by atoms with Crippen molar-refractivity contribution in [3.63, 3.8) is 0 Å². The maximum atomic E-state index is 5.89.